The van der Waals surface area contributed by atoms with E-state index in [2.05, 4.69) is 17.3 Å². The molecule has 0 bridgehead atoms. The van der Waals surface area contributed by atoms with Crippen LogP contribution in [0.3, 0.4) is 0 Å². The highest BCUT2D eigenvalue weighted by molar-refractivity contribution is 5.99. The second-order valence-electron chi connectivity index (χ2n) is 8.87. The van der Waals surface area contributed by atoms with E-state index in [-0.39, 0.29) is 12.5 Å². The van der Waals surface area contributed by atoms with Gasteiger partial charge in [-0.3, -0.25) is 4.79 Å². The van der Waals surface area contributed by atoms with Gasteiger partial charge in [-0.25, -0.2) is 4.79 Å². The van der Waals surface area contributed by atoms with Crippen molar-refractivity contribution in [1.82, 2.24) is 10.2 Å². The van der Waals surface area contributed by atoms with E-state index in [0.29, 0.717) is 23.7 Å². The maximum Gasteiger partial charge on any atom is 0.337 e. The van der Waals surface area contributed by atoms with E-state index in [1.54, 1.807) is 24.3 Å². The number of fused-ring (bicyclic) bond motifs is 1. The molecule has 1 amide bonds. The number of hydrogen-bond acceptors (Lipinski definition) is 5. The van der Waals surface area contributed by atoms with Gasteiger partial charge in [0, 0.05) is 18.0 Å². The number of hydrogen-bond donors (Lipinski definition) is 1. The van der Waals surface area contributed by atoms with E-state index in [4.69, 9.17) is 9.47 Å². The van der Waals surface area contributed by atoms with Crippen LogP contribution >= 0.6 is 0 Å². The quantitative estimate of drug-likeness (QED) is 0.362. The van der Waals surface area contributed by atoms with Gasteiger partial charge in [-0.1, -0.05) is 48.5 Å². The second kappa shape index (κ2) is 11.7. The van der Waals surface area contributed by atoms with Crippen molar-refractivity contribution in [3.8, 4) is 5.75 Å². The molecule has 0 saturated carbocycles. The number of methoxy groups -OCH3 is 1. The molecular formula is C29H32N2O4. The Morgan fingerprint density at radius 3 is 2.69 bits per heavy atom. The molecule has 35 heavy (non-hydrogen) atoms. The summed E-state index contributed by atoms with van der Waals surface area (Å²) in [5.74, 6) is 0.131. The Morgan fingerprint density at radius 2 is 1.89 bits per heavy atom. The molecule has 0 radical (unpaired) electrons. The fourth-order valence-corrected chi connectivity index (χ4v) is 4.53. The first kappa shape index (κ1) is 24.5. The topological polar surface area (TPSA) is 67.9 Å². The Balaban J connectivity index is 1.53. The van der Waals surface area contributed by atoms with Crippen molar-refractivity contribution in [3.05, 3.63) is 83.4 Å². The Hall–Kier alpha value is -3.64. The van der Waals surface area contributed by atoms with Gasteiger partial charge in [0.05, 0.1) is 18.2 Å². The van der Waals surface area contributed by atoms with E-state index in [9.17, 15) is 9.59 Å². The molecule has 1 atom stereocenters. The number of carbonyl (C=O) groups excluding carboxylic acids is 2. The lowest BCUT2D eigenvalue weighted by Crippen LogP contribution is -2.33. The highest BCUT2D eigenvalue weighted by Crippen LogP contribution is 2.26. The third kappa shape index (κ3) is 6.28. The van der Waals surface area contributed by atoms with Crippen molar-refractivity contribution in [2.45, 2.75) is 25.3 Å². The van der Waals surface area contributed by atoms with Crippen molar-refractivity contribution in [2.75, 3.05) is 33.9 Å². The monoisotopic (exact) mass is 472 g/mol. The first-order chi connectivity index (χ1) is 17.0. The molecule has 1 heterocycles. The molecule has 4 rings (SSSR count). The molecule has 1 aliphatic rings. The van der Waals surface area contributed by atoms with E-state index in [0.717, 1.165) is 35.1 Å². The number of amides is 1. The van der Waals surface area contributed by atoms with Crippen LogP contribution in [0.1, 0.15) is 35.2 Å². The van der Waals surface area contributed by atoms with E-state index >= 15 is 0 Å². The van der Waals surface area contributed by atoms with E-state index in [1.165, 1.54) is 20.0 Å². The lowest BCUT2D eigenvalue weighted by Gasteiger charge is -2.19. The maximum absolute atomic E-state index is 13.2. The lowest BCUT2D eigenvalue weighted by atomic mass is 10.1. The molecule has 1 aliphatic heterocycles. The first-order valence-corrected chi connectivity index (χ1v) is 12.0. The molecule has 3 aromatic rings. The Labute approximate surface area is 206 Å². The van der Waals surface area contributed by atoms with Crippen LogP contribution in [0.4, 0.5) is 0 Å². The van der Waals surface area contributed by atoms with Crippen LogP contribution in [0.25, 0.3) is 16.8 Å². The molecule has 0 aromatic heterocycles. The van der Waals surface area contributed by atoms with Crippen LogP contribution in [0.15, 0.2) is 72.3 Å². The molecule has 1 N–H and O–H groups in total. The fourth-order valence-electron chi connectivity index (χ4n) is 4.53. The number of rotatable bonds is 9. The van der Waals surface area contributed by atoms with Crippen LogP contribution in [-0.2, 0) is 9.53 Å². The van der Waals surface area contributed by atoms with Crippen molar-refractivity contribution >= 4 is 28.7 Å². The predicted molar refractivity (Wildman–Crippen MR) is 138 cm³/mol. The summed E-state index contributed by atoms with van der Waals surface area (Å²) in [6.07, 6.45) is 5.06. The molecule has 1 fully saturated rings. The van der Waals surface area contributed by atoms with Crippen LogP contribution in [0, 0.1) is 0 Å². The summed E-state index contributed by atoms with van der Waals surface area (Å²) < 4.78 is 11.0. The third-order valence-corrected chi connectivity index (χ3v) is 6.51. The summed E-state index contributed by atoms with van der Waals surface area (Å²) in [7, 11) is 3.49. The summed E-state index contributed by atoms with van der Waals surface area (Å²) >= 11 is 0. The molecule has 0 spiro atoms. The van der Waals surface area contributed by atoms with Gasteiger partial charge in [-0.15, -0.1) is 0 Å². The zero-order valence-electron chi connectivity index (χ0n) is 20.3. The number of carbonyl (C=O) groups is 2. The summed E-state index contributed by atoms with van der Waals surface area (Å²) in [5.41, 5.74) is 1.65. The Morgan fingerprint density at radius 1 is 1.09 bits per heavy atom. The Kier molecular flexibility index (Phi) is 8.16. The third-order valence-electron chi connectivity index (χ3n) is 6.51. The van der Waals surface area contributed by atoms with Gasteiger partial charge in [0.2, 0.25) is 0 Å². The zero-order chi connectivity index (χ0) is 24.6. The summed E-state index contributed by atoms with van der Waals surface area (Å²) in [4.78, 5) is 27.5. The van der Waals surface area contributed by atoms with Gasteiger partial charge in [0.15, 0.2) is 0 Å². The zero-order valence-corrected chi connectivity index (χ0v) is 20.3. The molecule has 6 heteroatoms. The standard InChI is InChI=1S/C29H32N2O4/c1-31-17-7-12-25(31)15-16-30-28(32)24(19-21-8-5-11-23(18-21)29(33)34-2)20-35-27-14-6-10-22-9-3-4-13-26(22)27/h3-6,8-11,13-14,18-19,25H,7,12,15-17,20H2,1-2H3,(H,30,32). The van der Waals surface area contributed by atoms with Gasteiger partial charge < -0.3 is 19.7 Å². The minimum Gasteiger partial charge on any atom is -0.488 e. The average Bonchev–Trinajstić information content (AvgIpc) is 3.30. The minimum atomic E-state index is -0.418. The van der Waals surface area contributed by atoms with Crippen LogP contribution < -0.4 is 10.1 Å². The summed E-state index contributed by atoms with van der Waals surface area (Å²) in [6.45, 7) is 1.81. The minimum absolute atomic E-state index is 0.103. The second-order valence-corrected chi connectivity index (χ2v) is 8.87. The van der Waals surface area contributed by atoms with Gasteiger partial charge in [0.25, 0.3) is 5.91 Å². The number of nitrogens with zero attached hydrogens (tertiary/aromatic N) is 1. The SMILES string of the molecule is COC(=O)c1cccc(C=C(COc2cccc3ccccc23)C(=O)NCCC2CCCN2C)c1. The predicted octanol–water partition coefficient (Wildman–Crippen LogP) is 4.69. The molecule has 182 valence electrons. The van der Waals surface area contributed by atoms with Crippen LogP contribution in [-0.4, -0.2) is 56.7 Å². The fraction of sp³-hybridized carbons (Fsp3) is 0.310. The highest BCUT2D eigenvalue weighted by atomic mass is 16.5. The van der Waals surface area contributed by atoms with Crippen molar-refractivity contribution < 1.29 is 19.1 Å². The average molecular weight is 473 g/mol. The Bertz CT molecular complexity index is 1210. The van der Waals surface area contributed by atoms with Crippen molar-refractivity contribution in [1.29, 1.82) is 0 Å². The van der Waals surface area contributed by atoms with Crippen molar-refractivity contribution in [3.63, 3.8) is 0 Å². The largest absolute Gasteiger partial charge is 0.488 e. The van der Waals surface area contributed by atoms with Gasteiger partial charge in [-0.2, -0.15) is 0 Å². The number of ether oxygens (including phenoxy) is 2. The van der Waals surface area contributed by atoms with E-state index in [1.807, 2.05) is 48.5 Å². The number of benzene rings is 3. The molecule has 3 aromatic carbocycles. The number of likely N-dealkylation sites (tertiary alicyclic amines) is 1. The van der Waals surface area contributed by atoms with Crippen molar-refractivity contribution in [2.24, 2.45) is 0 Å². The smallest absolute Gasteiger partial charge is 0.337 e. The lowest BCUT2D eigenvalue weighted by molar-refractivity contribution is -0.117. The van der Waals surface area contributed by atoms with Crippen LogP contribution in [0.2, 0.25) is 0 Å². The molecular weight excluding hydrogens is 440 g/mol. The molecule has 6 nitrogen and oxygen atoms in total. The van der Waals surface area contributed by atoms with Gasteiger partial charge >= 0.3 is 5.97 Å². The van der Waals surface area contributed by atoms with Gasteiger partial charge in [-0.05, 0) is 68.1 Å². The molecule has 1 unspecified atom stereocenters. The number of nitrogens with one attached hydrogen (secondary N) is 1. The van der Waals surface area contributed by atoms with Gasteiger partial charge in [0.1, 0.15) is 12.4 Å². The van der Waals surface area contributed by atoms with Crippen LogP contribution in [0.5, 0.6) is 5.75 Å². The summed E-state index contributed by atoms with van der Waals surface area (Å²) in [6, 6.07) is 21.4. The maximum atomic E-state index is 13.2. The first-order valence-electron chi connectivity index (χ1n) is 12.0. The number of esters is 1. The molecule has 1 saturated heterocycles. The summed E-state index contributed by atoms with van der Waals surface area (Å²) in [5, 5.41) is 5.13. The normalized spacial score (nSPS) is 16.3. The van der Waals surface area contributed by atoms with E-state index < -0.39 is 5.97 Å². The molecule has 0 aliphatic carbocycles. The highest BCUT2D eigenvalue weighted by Gasteiger charge is 2.21.